The molecular formula is C14H18O2. The molecule has 1 unspecified atom stereocenters. The van der Waals surface area contributed by atoms with Crippen LogP contribution in [0.3, 0.4) is 0 Å². The van der Waals surface area contributed by atoms with Crippen LogP contribution in [0.5, 0.6) is 0 Å². The monoisotopic (exact) mass is 218 g/mol. The van der Waals surface area contributed by atoms with E-state index >= 15 is 0 Å². The van der Waals surface area contributed by atoms with Crippen molar-refractivity contribution in [2.24, 2.45) is 5.92 Å². The fraction of sp³-hybridized carbons (Fsp3) is 0.429. The summed E-state index contributed by atoms with van der Waals surface area (Å²) in [4.78, 5) is 0. The molecule has 2 rings (SSSR count). The van der Waals surface area contributed by atoms with Gasteiger partial charge in [0, 0.05) is 5.39 Å². The van der Waals surface area contributed by atoms with Crippen LogP contribution in [0.2, 0.25) is 0 Å². The molecule has 1 atom stereocenters. The summed E-state index contributed by atoms with van der Waals surface area (Å²) >= 11 is 0. The Morgan fingerprint density at radius 3 is 2.69 bits per heavy atom. The maximum Gasteiger partial charge on any atom is 0.137 e. The Hall–Kier alpha value is -1.28. The number of aryl methyl sites for hydroxylation is 1. The minimum Gasteiger partial charge on any atom is -0.458 e. The zero-order chi connectivity index (χ0) is 11.7. The second kappa shape index (κ2) is 4.30. The number of furan rings is 1. The Balaban J connectivity index is 2.51. The predicted molar refractivity (Wildman–Crippen MR) is 65.4 cm³/mol. The molecule has 2 heteroatoms. The van der Waals surface area contributed by atoms with Crippen LogP contribution in [0, 0.1) is 5.92 Å². The molecule has 1 aromatic carbocycles. The average molecular weight is 218 g/mol. The Morgan fingerprint density at radius 2 is 2.06 bits per heavy atom. The van der Waals surface area contributed by atoms with Gasteiger partial charge in [-0.1, -0.05) is 39.0 Å². The van der Waals surface area contributed by atoms with Crippen molar-refractivity contribution >= 4 is 11.0 Å². The van der Waals surface area contributed by atoms with Gasteiger partial charge in [0.25, 0.3) is 0 Å². The lowest BCUT2D eigenvalue weighted by Gasteiger charge is -2.10. The summed E-state index contributed by atoms with van der Waals surface area (Å²) in [6, 6.07) is 8.06. The Morgan fingerprint density at radius 1 is 1.31 bits per heavy atom. The lowest BCUT2D eigenvalue weighted by atomic mass is 10.0. The first-order chi connectivity index (χ1) is 7.63. The molecule has 2 aromatic rings. The first-order valence-corrected chi connectivity index (χ1v) is 5.83. The quantitative estimate of drug-likeness (QED) is 0.852. The number of hydrogen-bond acceptors (Lipinski definition) is 2. The summed E-state index contributed by atoms with van der Waals surface area (Å²) in [6.07, 6.45) is 0.430. The van der Waals surface area contributed by atoms with Crippen molar-refractivity contribution in [3.8, 4) is 0 Å². The van der Waals surface area contributed by atoms with E-state index in [0.717, 1.165) is 17.4 Å². The van der Waals surface area contributed by atoms with Crippen LogP contribution in [0.25, 0.3) is 11.0 Å². The molecule has 0 bridgehead atoms. The van der Waals surface area contributed by atoms with Crippen LogP contribution in [0.15, 0.2) is 28.7 Å². The lowest BCUT2D eigenvalue weighted by Crippen LogP contribution is -2.03. The van der Waals surface area contributed by atoms with Crippen LogP contribution in [-0.2, 0) is 6.42 Å². The summed E-state index contributed by atoms with van der Waals surface area (Å²) in [5.74, 6) is 0.844. The van der Waals surface area contributed by atoms with Gasteiger partial charge in [-0.25, -0.2) is 0 Å². The van der Waals surface area contributed by atoms with Crippen molar-refractivity contribution in [2.75, 3.05) is 0 Å². The minimum atomic E-state index is -0.517. The highest BCUT2D eigenvalue weighted by molar-refractivity contribution is 5.81. The molecule has 2 nitrogen and oxygen atoms in total. The van der Waals surface area contributed by atoms with Crippen molar-refractivity contribution in [3.05, 3.63) is 35.6 Å². The van der Waals surface area contributed by atoms with E-state index in [1.54, 1.807) is 0 Å². The zero-order valence-corrected chi connectivity index (χ0v) is 10.0. The van der Waals surface area contributed by atoms with Crippen molar-refractivity contribution in [3.63, 3.8) is 0 Å². The number of hydrogen-bond donors (Lipinski definition) is 1. The van der Waals surface area contributed by atoms with E-state index in [4.69, 9.17) is 4.42 Å². The molecule has 0 amide bonds. The summed E-state index contributed by atoms with van der Waals surface area (Å²) < 4.78 is 5.76. The summed E-state index contributed by atoms with van der Waals surface area (Å²) in [5.41, 5.74) is 2.11. The highest BCUT2D eigenvalue weighted by atomic mass is 16.4. The minimum absolute atomic E-state index is 0.172. The van der Waals surface area contributed by atoms with E-state index in [2.05, 4.69) is 13.0 Å². The molecule has 1 heterocycles. The molecule has 0 spiro atoms. The summed E-state index contributed by atoms with van der Waals surface area (Å²) in [7, 11) is 0. The average Bonchev–Trinajstić information content (AvgIpc) is 2.70. The molecule has 0 saturated carbocycles. The standard InChI is InChI=1S/C14H18O2/c1-4-10-6-5-7-11-8-12(16-14(10)11)13(15)9(2)3/h5-9,13,15H,4H2,1-3H3. The molecule has 0 fully saturated rings. The van der Waals surface area contributed by atoms with E-state index in [9.17, 15) is 5.11 Å². The van der Waals surface area contributed by atoms with Gasteiger partial charge in [-0.15, -0.1) is 0 Å². The van der Waals surface area contributed by atoms with Gasteiger partial charge in [-0.3, -0.25) is 0 Å². The van der Waals surface area contributed by atoms with Crippen molar-refractivity contribution in [1.29, 1.82) is 0 Å². The zero-order valence-electron chi connectivity index (χ0n) is 10.0. The number of para-hydroxylation sites is 1. The molecule has 0 aliphatic carbocycles. The van der Waals surface area contributed by atoms with Crippen LogP contribution >= 0.6 is 0 Å². The third kappa shape index (κ3) is 1.85. The van der Waals surface area contributed by atoms with Gasteiger partial charge in [0.15, 0.2) is 0 Å². The number of fused-ring (bicyclic) bond motifs is 1. The second-order valence-corrected chi connectivity index (χ2v) is 4.53. The van der Waals surface area contributed by atoms with Gasteiger partial charge in [0.05, 0.1) is 0 Å². The highest BCUT2D eigenvalue weighted by Crippen LogP contribution is 2.29. The van der Waals surface area contributed by atoms with E-state index in [-0.39, 0.29) is 5.92 Å². The molecule has 86 valence electrons. The largest absolute Gasteiger partial charge is 0.458 e. The predicted octanol–water partition coefficient (Wildman–Crippen LogP) is 3.68. The SMILES string of the molecule is CCc1cccc2cc(C(O)C(C)C)oc12. The molecule has 0 radical (unpaired) electrons. The Kier molecular flexibility index (Phi) is 3.01. The van der Waals surface area contributed by atoms with Crippen LogP contribution in [0.4, 0.5) is 0 Å². The highest BCUT2D eigenvalue weighted by Gasteiger charge is 2.17. The number of aliphatic hydroxyl groups is 1. The Labute approximate surface area is 95.9 Å². The first kappa shape index (κ1) is 11.2. The maximum absolute atomic E-state index is 9.97. The molecule has 16 heavy (non-hydrogen) atoms. The van der Waals surface area contributed by atoms with Gasteiger partial charge in [-0.2, -0.15) is 0 Å². The van der Waals surface area contributed by atoms with Crippen molar-refractivity contribution < 1.29 is 9.52 Å². The van der Waals surface area contributed by atoms with Gasteiger partial charge < -0.3 is 9.52 Å². The smallest absolute Gasteiger partial charge is 0.137 e. The fourth-order valence-electron chi connectivity index (χ4n) is 1.90. The molecular weight excluding hydrogens is 200 g/mol. The van der Waals surface area contributed by atoms with E-state index in [0.29, 0.717) is 5.76 Å². The lowest BCUT2D eigenvalue weighted by molar-refractivity contribution is 0.104. The molecule has 0 aliphatic heterocycles. The van der Waals surface area contributed by atoms with Gasteiger partial charge in [-0.05, 0) is 24.0 Å². The Bertz CT molecular complexity index is 482. The third-order valence-corrected chi connectivity index (χ3v) is 2.95. The normalized spacial score (nSPS) is 13.6. The van der Waals surface area contributed by atoms with Crippen molar-refractivity contribution in [2.45, 2.75) is 33.3 Å². The fourth-order valence-corrected chi connectivity index (χ4v) is 1.90. The number of benzene rings is 1. The number of rotatable bonds is 3. The molecule has 1 aromatic heterocycles. The maximum atomic E-state index is 9.97. The van der Waals surface area contributed by atoms with E-state index in [1.165, 1.54) is 5.56 Å². The third-order valence-electron chi connectivity index (χ3n) is 2.95. The van der Waals surface area contributed by atoms with Gasteiger partial charge >= 0.3 is 0 Å². The van der Waals surface area contributed by atoms with Crippen molar-refractivity contribution in [1.82, 2.24) is 0 Å². The topological polar surface area (TPSA) is 33.4 Å². The van der Waals surface area contributed by atoms with Crippen LogP contribution < -0.4 is 0 Å². The van der Waals surface area contributed by atoms with Gasteiger partial charge in [0.2, 0.25) is 0 Å². The summed E-state index contributed by atoms with van der Waals surface area (Å²) in [6.45, 7) is 6.08. The molecule has 0 saturated heterocycles. The molecule has 0 aliphatic rings. The summed E-state index contributed by atoms with van der Waals surface area (Å²) in [5, 5.41) is 11.0. The van der Waals surface area contributed by atoms with E-state index in [1.807, 2.05) is 32.0 Å². The first-order valence-electron chi connectivity index (χ1n) is 5.83. The van der Waals surface area contributed by atoms with Crippen LogP contribution in [-0.4, -0.2) is 5.11 Å². The molecule has 1 N–H and O–H groups in total. The van der Waals surface area contributed by atoms with E-state index < -0.39 is 6.10 Å². The van der Waals surface area contributed by atoms with Crippen LogP contribution in [0.1, 0.15) is 38.2 Å². The van der Waals surface area contributed by atoms with Gasteiger partial charge in [0.1, 0.15) is 17.4 Å². The number of aliphatic hydroxyl groups excluding tert-OH is 1. The second-order valence-electron chi connectivity index (χ2n) is 4.53.